The number of carboxylic acid groups (broad SMARTS) is 1. The third kappa shape index (κ3) is 1.95. The van der Waals surface area contributed by atoms with Crippen molar-refractivity contribution in [2.45, 2.75) is 9.92 Å². The smallest absolute Gasteiger partial charge is 0.345 e. The standard InChI is InChI=1S/C10H6N4O2S2/c15-10(16)7-3-6(4-17-7)18-9-8-13-12-5-14(8)2-1-11-9/h1-5H,(H,15,16). The number of hydrogen-bond donors (Lipinski definition) is 1. The molecule has 1 N–H and O–H groups in total. The molecule has 0 fully saturated rings. The number of thiophene rings is 1. The summed E-state index contributed by atoms with van der Waals surface area (Å²) in [6.45, 7) is 0. The van der Waals surface area contributed by atoms with Gasteiger partial charge in [0.1, 0.15) is 16.2 Å². The highest BCUT2D eigenvalue weighted by molar-refractivity contribution is 7.99. The first-order valence-electron chi connectivity index (χ1n) is 4.88. The molecule has 0 unspecified atom stereocenters. The largest absolute Gasteiger partial charge is 0.477 e. The third-order valence-electron chi connectivity index (χ3n) is 2.18. The van der Waals surface area contributed by atoms with Gasteiger partial charge in [0, 0.05) is 22.7 Å². The summed E-state index contributed by atoms with van der Waals surface area (Å²) in [5.74, 6) is -0.916. The van der Waals surface area contributed by atoms with Crippen LogP contribution in [-0.2, 0) is 0 Å². The fourth-order valence-corrected chi connectivity index (χ4v) is 3.17. The molecule has 0 aliphatic rings. The quantitative estimate of drug-likeness (QED) is 0.789. The van der Waals surface area contributed by atoms with E-state index in [0.717, 1.165) is 4.90 Å². The van der Waals surface area contributed by atoms with E-state index in [4.69, 9.17) is 5.11 Å². The van der Waals surface area contributed by atoms with Gasteiger partial charge in [-0.15, -0.1) is 21.5 Å². The first kappa shape index (κ1) is 11.2. The van der Waals surface area contributed by atoms with Gasteiger partial charge >= 0.3 is 5.97 Å². The first-order valence-corrected chi connectivity index (χ1v) is 6.57. The summed E-state index contributed by atoms with van der Waals surface area (Å²) in [6, 6.07) is 1.62. The molecule has 0 radical (unpaired) electrons. The topological polar surface area (TPSA) is 80.4 Å². The number of carbonyl (C=O) groups is 1. The van der Waals surface area contributed by atoms with E-state index >= 15 is 0 Å². The molecule has 18 heavy (non-hydrogen) atoms. The molecular weight excluding hydrogens is 272 g/mol. The minimum atomic E-state index is -0.916. The zero-order valence-electron chi connectivity index (χ0n) is 8.85. The summed E-state index contributed by atoms with van der Waals surface area (Å²) >= 11 is 2.57. The lowest BCUT2D eigenvalue weighted by atomic mass is 10.5. The van der Waals surface area contributed by atoms with Crippen molar-refractivity contribution in [1.82, 2.24) is 19.6 Å². The third-order valence-corrected chi connectivity index (χ3v) is 4.20. The molecule has 3 aromatic heterocycles. The van der Waals surface area contributed by atoms with Crippen LogP contribution in [0.2, 0.25) is 0 Å². The monoisotopic (exact) mass is 278 g/mol. The van der Waals surface area contributed by atoms with Crippen LogP contribution in [0, 0.1) is 0 Å². The molecule has 0 aromatic carbocycles. The van der Waals surface area contributed by atoms with Crippen molar-refractivity contribution in [2.75, 3.05) is 0 Å². The average Bonchev–Trinajstić information content (AvgIpc) is 2.97. The van der Waals surface area contributed by atoms with Crippen LogP contribution in [0.3, 0.4) is 0 Å². The fourth-order valence-electron chi connectivity index (χ4n) is 1.40. The fraction of sp³-hybridized carbons (Fsp3) is 0. The Morgan fingerprint density at radius 3 is 3.17 bits per heavy atom. The van der Waals surface area contributed by atoms with E-state index in [2.05, 4.69) is 15.2 Å². The maximum absolute atomic E-state index is 10.8. The van der Waals surface area contributed by atoms with Crippen molar-refractivity contribution in [3.8, 4) is 0 Å². The lowest BCUT2D eigenvalue weighted by Gasteiger charge is -1.98. The molecule has 0 aliphatic heterocycles. The van der Waals surface area contributed by atoms with Crippen LogP contribution in [0.5, 0.6) is 0 Å². The summed E-state index contributed by atoms with van der Waals surface area (Å²) in [7, 11) is 0. The van der Waals surface area contributed by atoms with Crippen LogP contribution in [0.1, 0.15) is 9.67 Å². The molecule has 3 rings (SSSR count). The van der Waals surface area contributed by atoms with Gasteiger partial charge in [0.15, 0.2) is 5.65 Å². The molecule has 0 bridgehead atoms. The number of aromatic nitrogens is 4. The van der Waals surface area contributed by atoms with Gasteiger partial charge in [0.05, 0.1) is 0 Å². The van der Waals surface area contributed by atoms with Crippen molar-refractivity contribution < 1.29 is 9.90 Å². The molecule has 0 atom stereocenters. The Bertz CT molecular complexity index is 721. The van der Waals surface area contributed by atoms with Crippen LogP contribution < -0.4 is 0 Å². The van der Waals surface area contributed by atoms with Gasteiger partial charge in [-0.05, 0) is 6.07 Å². The molecule has 0 saturated carbocycles. The van der Waals surface area contributed by atoms with E-state index in [1.807, 2.05) is 0 Å². The second kappa shape index (κ2) is 4.39. The van der Waals surface area contributed by atoms with E-state index in [0.29, 0.717) is 15.6 Å². The Morgan fingerprint density at radius 1 is 1.50 bits per heavy atom. The van der Waals surface area contributed by atoms with E-state index in [1.165, 1.54) is 23.1 Å². The molecule has 8 heteroatoms. The van der Waals surface area contributed by atoms with Crippen LogP contribution in [0.25, 0.3) is 5.65 Å². The Kier molecular flexibility index (Phi) is 2.73. The van der Waals surface area contributed by atoms with Gasteiger partial charge in [-0.3, -0.25) is 4.40 Å². The molecule has 90 valence electrons. The molecule has 0 amide bonds. The number of nitrogens with zero attached hydrogens (tertiary/aromatic N) is 4. The number of aromatic carboxylic acids is 1. The predicted molar refractivity (Wildman–Crippen MR) is 66.2 cm³/mol. The number of hydrogen-bond acceptors (Lipinski definition) is 6. The highest BCUT2D eigenvalue weighted by Crippen LogP contribution is 2.31. The van der Waals surface area contributed by atoms with Crippen LogP contribution in [0.4, 0.5) is 0 Å². The average molecular weight is 278 g/mol. The van der Waals surface area contributed by atoms with Gasteiger partial charge in [-0.2, -0.15) is 0 Å². The highest BCUT2D eigenvalue weighted by Gasteiger charge is 2.11. The Balaban J connectivity index is 1.96. The van der Waals surface area contributed by atoms with E-state index in [9.17, 15) is 4.79 Å². The van der Waals surface area contributed by atoms with Gasteiger partial charge in [-0.1, -0.05) is 11.8 Å². The van der Waals surface area contributed by atoms with Crippen LogP contribution >= 0.6 is 23.1 Å². The van der Waals surface area contributed by atoms with Gasteiger partial charge in [-0.25, -0.2) is 9.78 Å². The molecular formula is C10H6N4O2S2. The molecule has 0 spiro atoms. The minimum Gasteiger partial charge on any atom is -0.477 e. The summed E-state index contributed by atoms with van der Waals surface area (Å²) in [5.41, 5.74) is 0.658. The SMILES string of the molecule is O=C(O)c1cc(Sc2nccn3cnnc23)cs1. The molecule has 3 aromatic rings. The lowest BCUT2D eigenvalue weighted by Crippen LogP contribution is -1.90. The number of fused-ring (bicyclic) bond motifs is 1. The molecule has 0 saturated heterocycles. The van der Waals surface area contributed by atoms with E-state index in [-0.39, 0.29) is 0 Å². The Labute approximate surface area is 109 Å². The van der Waals surface area contributed by atoms with E-state index < -0.39 is 5.97 Å². The van der Waals surface area contributed by atoms with Gasteiger partial charge < -0.3 is 5.11 Å². The molecule has 3 heterocycles. The predicted octanol–water partition coefficient (Wildman–Crippen LogP) is 2.04. The van der Waals surface area contributed by atoms with Crippen LogP contribution in [0.15, 0.2) is 40.1 Å². The zero-order valence-corrected chi connectivity index (χ0v) is 10.5. The molecule has 0 aliphatic carbocycles. The highest BCUT2D eigenvalue weighted by atomic mass is 32.2. The van der Waals surface area contributed by atoms with Crippen molar-refractivity contribution in [3.63, 3.8) is 0 Å². The second-order valence-electron chi connectivity index (χ2n) is 3.35. The van der Waals surface area contributed by atoms with Gasteiger partial charge in [0.25, 0.3) is 0 Å². The maximum atomic E-state index is 10.8. The van der Waals surface area contributed by atoms with Crippen molar-refractivity contribution in [3.05, 3.63) is 35.0 Å². The van der Waals surface area contributed by atoms with Crippen molar-refractivity contribution >= 4 is 34.7 Å². The number of carboxylic acids is 1. The normalized spacial score (nSPS) is 10.9. The molecule has 6 nitrogen and oxygen atoms in total. The summed E-state index contributed by atoms with van der Waals surface area (Å²) in [6.07, 6.45) is 5.01. The summed E-state index contributed by atoms with van der Waals surface area (Å²) < 4.78 is 1.76. The maximum Gasteiger partial charge on any atom is 0.345 e. The Morgan fingerprint density at radius 2 is 2.39 bits per heavy atom. The minimum absolute atomic E-state index is 0.311. The summed E-state index contributed by atoms with van der Waals surface area (Å²) in [5, 5.41) is 19.1. The van der Waals surface area contributed by atoms with Gasteiger partial charge in [0.2, 0.25) is 0 Å². The first-order chi connectivity index (χ1) is 8.74. The van der Waals surface area contributed by atoms with Crippen LogP contribution in [-0.4, -0.2) is 30.7 Å². The van der Waals surface area contributed by atoms with Crippen molar-refractivity contribution in [2.24, 2.45) is 0 Å². The van der Waals surface area contributed by atoms with E-state index in [1.54, 1.807) is 34.6 Å². The lowest BCUT2D eigenvalue weighted by molar-refractivity contribution is 0.0702. The number of rotatable bonds is 3. The Hall–Kier alpha value is -1.93. The second-order valence-corrected chi connectivity index (χ2v) is 5.32. The zero-order chi connectivity index (χ0) is 12.5. The summed E-state index contributed by atoms with van der Waals surface area (Å²) in [4.78, 5) is 16.2. The van der Waals surface area contributed by atoms with Crippen molar-refractivity contribution in [1.29, 1.82) is 0 Å².